The lowest BCUT2D eigenvalue weighted by molar-refractivity contribution is 0.310. The second-order valence-electron chi connectivity index (χ2n) is 2.86. The highest BCUT2D eigenvalue weighted by Gasteiger charge is 2.00. The van der Waals surface area contributed by atoms with Crippen LogP contribution in [0.3, 0.4) is 0 Å². The van der Waals surface area contributed by atoms with Crippen molar-refractivity contribution in [2.45, 2.75) is 12.8 Å². The molecular formula is C11H12BrFO. The first-order chi connectivity index (χ1) is 6.74. The monoisotopic (exact) mass is 258 g/mol. The largest absolute Gasteiger partial charge is 0.493 e. The molecule has 0 radical (unpaired) electrons. The highest BCUT2D eigenvalue weighted by atomic mass is 79.9. The summed E-state index contributed by atoms with van der Waals surface area (Å²) in [5.41, 5.74) is 0. The third-order valence-electron chi connectivity index (χ3n) is 1.71. The van der Waals surface area contributed by atoms with Gasteiger partial charge in [-0.2, -0.15) is 0 Å². The molecular weight excluding hydrogens is 247 g/mol. The first-order valence-corrected chi connectivity index (χ1v) is 5.22. The molecule has 0 aliphatic carbocycles. The van der Waals surface area contributed by atoms with E-state index in [0.717, 1.165) is 12.8 Å². The standard InChI is InChI=1S/C11H12BrFO/c1-2-3-4-7-14-9-5-6-10(12)11(13)8-9/h2,5-6,8H,1,3-4,7H2. The molecule has 0 heterocycles. The highest BCUT2D eigenvalue weighted by Crippen LogP contribution is 2.20. The molecule has 0 spiro atoms. The van der Waals surface area contributed by atoms with Gasteiger partial charge >= 0.3 is 0 Å². The van der Waals surface area contributed by atoms with Gasteiger partial charge in [0.2, 0.25) is 0 Å². The van der Waals surface area contributed by atoms with Gasteiger partial charge in [0.15, 0.2) is 0 Å². The van der Waals surface area contributed by atoms with Crippen molar-refractivity contribution in [1.82, 2.24) is 0 Å². The summed E-state index contributed by atoms with van der Waals surface area (Å²) in [6.45, 7) is 4.20. The van der Waals surface area contributed by atoms with Crippen molar-refractivity contribution in [2.75, 3.05) is 6.61 Å². The Bertz CT molecular complexity index is 312. The van der Waals surface area contributed by atoms with Crippen molar-refractivity contribution < 1.29 is 9.13 Å². The summed E-state index contributed by atoms with van der Waals surface area (Å²) in [6.07, 6.45) is 3.66. The zero-order chi connectivity index (χ0) is 10.4. The lowest BCUT2D eigenvalue weighted by atomic mass is 10.3. The molecule has 1 aromatic carbocycles. The van der Waals surface area contributed by atoms with Gasteiger partial charge in [0, 0.05) is 6.07 Å². The molecule has 0 N–H and O–H groups in total. The van der Waals surface area contributed by atoms with Crippen molar-refractivity contribution in [3.63, 3.8) is 0 Å². The van der Waals surface area contributed by atoms with Gasteiger partial charge in [0.1, 0.15) is 11.6 Å². The predicted molar refractivity (Wildman–Crippen MR) is 59.0 cm³/mol. The van der Waals surface area contributed by atoms with Gasteiger partial charge in [-0.1, -0.05) is 6.08 Å². The fourth-order valence-electron chi connectivity index (χ4n) is 0.984. The molecule has 3 heteroatoms. The minimum absolute atomic E-state index is 0.300. The lowest BCUT2D eigenvalue weighted by Gasteiger charge is -2.05. The van der Waals surface area contributed by atoms with Crippen molar-refractivity contribution in [3.05, 3.63) is 41.1 Å². The van der Waals surface area contributed by atoms with E-state index in [1.807, 2.05) is 6.08 Å². The molecule has 0 atom stereocenters. The van der Waals surface area contributed by atoms with Crippen LogP contribution >= 0.6 is 15.9 Å². The molecule has 14 heavy (non-hydrogen) atoms. The van der Waals surface area contributed by atoms with Crippen LogP contribution in [0, 0.1) is 5.82 Å². The summed E-state index contributed by atoms with van der Waals surface area (Å²) in [7, 11) is 0. The van der Waals surface area contributed by atoms with Crippen LogP contribution in [0.2, 0.25) is 0 Å². The number of halogens is 2. The quantitative estimate of drug-likeness (QED) is 0.575. The van der Waals surface area contributed by atoms with Gasteiger partial charge in [-0.3, -0.25) is 0 Å². The number of benzene rings is 1. The van der Waals surface area contributed by atoms with Crippen LogP contribution in [0.1, 0.15) is 12.8 Å². The van der Waals surface area contributed by atoms with Crippen LogP contribution < -0.4 is 4.74 Å². The van der Waals surface area contributed by atoms with Crippen molar-refractivity contribution in [2.24, 2.45) is 0 Å². The molecule has 0 bridgehead atoms. The first-order valence-electron chi connectivity index (χ1n) is 4.43. The van der Waals surface area contributed by atoms with E-state index in [0.29, 0.717) is 16.8 Å². The third-order valence-corrected chi connectivity index (χ3v) is 2.36. The van der Waals surface area contributed by atoms with E-state index in [4.69, 9.17) is 4.74 Å². The van der Waals surface area contributed by atoms with Crippen molar-refractivity contribution in [3.8, 4) is 5.75 Å². The SMILES string of the molecule is C=CCCCOc1ccc(Br)c(F)c1. The molecule has 0 unspecified atom stereocenters. The van der Waals surface area contributed by atoms with Gasteiger partial charge in [-0.05, 0) is 40.9 Å². The van der Waals surface area contributed by atoms with E-state index in [1.54, 1.807) is 12.1 Å². The molecule has 0 saturated heterocycles. The summed E-state index contributed by atoms with van der Waals surface area (Å²) in [5, 5.41) is 0. The molecule has 76 valence electrons. The maximum atomic E-state index is 13.0. The van der Waals surface area contributed by atoms with E-state index in [2.05, 4.69) is 22.5 Å². The van der Waals surface area contributed by atoms with Gasteiger partial charge in [-0.15, -0.1) is 6.58 Å². The summed E-state index contributed by atoms with van der Waals surface area (Å²) in [5.74, 6) is 0.265. The Morgan fingerprint density at radius 3 is 2.93 bits per heavy atom. The Kier molecular flexibility index (Phi) is 4.66. The third kappa shape index (κ3) is 3.50. The number of unbranched alkanes of at least 4 members (excludes halogenated alkanes) is 1. The molecule has 1 aromatic rings. The van der Waals surface area contributed by atoms with Gasteiger partial charge in [0.25, 0.3) is 0 Å². The maximum Gasteiger partial charge on any atom is 0.141 e. The Morgan fingerprint density at radius 2 is 2.29 bits per heavy atom. The van der Waals surface area contributed by atoms with Crippen LogP contribution in [-0.4, -0.2) is 6.61 Å². The molecule has 0 aliphatic rings. The van der Waals surface area contributed by atoms with E-state index in [-0.39, 0.29) is 5.82 Å². The number of ether oxygens (including phenoxy) is 1. The van der Waals surface area contributed by atoms with Crippen molar-refractivity contribution >= 4 is 15.9 Å². The number of allylic oxidation sites excluding steroid dienone is 1. The van der Waals surface area contributed by atoms with Crippen molar-refractivity contribution in [1.29, 1.82) is 0 Å². The summed E-state index contributed by atoms with van der Waals surface area (Å²) >= 11 is 3.08. The average molecular weight is 259 g/mol. The zero-order valence-electron chi connectivity index (χ0n) is 7.80. The minimum Gasteiger partial charge on any atom is -0.493 e. The molecule has 0 saturated carbocycles. The summed E-state index contributed by atoms with van der Waals surface area (Å²) < 4.78 is 18.8. The van der Waals surface area contributed by atoms with E-state index in [1.165, 1.54) is 6.07 Å². The number of hydrogen-bond donors (Lipinski definition) is 0. The van der Waals surface area contributed by atoms with Gasteiger partial charge in [0.05, 0.1) is 11.1 Å². The van der Waals surface area contributed by atoms with E-state index in [9.17, 15) is 4.39 Å². The van der Waals surface area contributed by atoms with Gasteiger partial charge < -0.3 is 4.74 Å². The maximum absolute atomic E-state index is 13.0. The molecule has 1 rings (SSSR count). The number of hydrogen-bond acceptors (Lipinski definition) is 1. The summed E-state index contributed by atoms with van der Waals surface area (Å²) in [4.78, 5) is 0. The molecule has 0 fully saturated rings. The number of rotatable bonds is 5. The average Bonchev–Trinajstić information content (AvgIpc) is 2.18. The molecule has 0 aromatic heterocycles. The second kappa shape index (κ2) is 5.81. The second-order valence-corrected chi connectivity index (χ2v) is 3.71. The van der Waals surface area contributed by atoms with Gasteiger partial charge in [-0.25, -0.2) is 4.39 Å². The predicted octanol–water partition coefficient (Wildman–Crippen LogP) is 3.93. The summed E-state index contributed by atoms with van der Waals surface area (Å²) in [6, 6.07) is 4.75. The Balaban J connectivity index is 2.43. The van der Waals surface area contributed by atoms with Crippen LogP contribution in [-0.2, 0) is 0 Å². The Labute approximate surface area is 91.7 Å². The normalized spacial score (nSPS) is 9.86. The Morgan fingerprint density at radius 1 is 1.50 bits per heavy atom. The van der Waals surface area contributed by atoms with Crippen LogP contribution in [0.5, 0.6) is 5.75 Å². The highest BCUT2D eigenvalue weighted by molar-refractivity contribution is 9.10. The van der Waals surface area contributed by atoms with Crippen LogP contribution in [0.4, 0.5) is 4.39 Å². The molecule has 0 amide bonds. The molecule has 0 aliphatic heterocycles. The van der Waals surface area contributed by atoms with E-state index < -0.39 is 0 Å². The molecule has 1 nitrogen and oxygen atoms in total. The smallest absolute Gasteiger partial charge is 0.141 e. The first kappa shape index (κ1) is 11.2. The zero-order valence-corrected chi connectivity index (χ0v) is 9.39. The topological polar surface area (TPSA) is 9.23 Å². The Hall–Kier alpha value is -0.830. The van der Waals surface area contributed by atoms with Crippen LogP contribution in [0.25, 0.3) is 0 Å². The van der Waals surface area contributed by atoms with Crippen LogP contribution in [0.15, 0.2) is 35.3 Å². The fraction of sp³-hybridized carbons (Fsp3) is 0.273. The lowest BCUT2D eigenvalue weighted by Crippen LogP contribution is -1.96. The fourth-order valence-corrected chi connectivity index (χ4v) is 1.23. The minimum atomic E-state index is -0.300. The van der Waals surface area contributed by atoms with E-state index >= 15 is 0 Å².